The average Bonchev–Trinajstić information content (AvgIpc) is 3.28. The molecule has 0 atom stereocenters. The van der Waals surface area contributed by atoms with Crippen LogP contribution in [0.1, 0.15) is 55.8 Å². The van der Waals surface area contributed by atoms with Gasteiger partial charge in [0.25, 0.3) is 0 Å². The first-order valence-corrected chi connectivity index (χ1v) is 20.5. The largest absolute Gasteiger partial charge is 0.416 e. The van der Waals surface area contributed by atoms with Gasteiger partial charge in [-0.15, -0.1) is 0 Å². The molecular formula is C46H26BF24N3O2. The molecule has 30 heteroatoms. The fraction of sp³-hybridized carbons (Fsp3) is 0.217. The predicted molar refractivity (Wildman–Crippen MR) is 221 cm³/mol. The maximum absolute atomic E-state index is 14.2. The molecule has 6 aromatic rings. The van der Waals surface area contributed by atoms with Crippen LogP contribution in [0.3, 0.4) is 0 Å². The lowest BCUT2D eigenvalue weighted by atomic mass is 9.12. The summed E-state index contributed by atoms with van der Waals surface area (Å²) in [5, 5.41) is 10.3. The summed E-state index contributed by atoms with van der Waals surface area (Å²) in [4.78, 5) is 14.0. The highest BCUT2D eigenvalue weighted by atomic mass is 19.4. The summed E-state index contributed by atoms with van der Waals surface area (Å²) in [5.74, 6) is 0. The second kappa shape index (κ2) is 21.0. The summed E-state index contributed by atoms with van der Waals surface area (Å²) in [6, 6.07) is 1.21. The molecule has 76 heavy (non-hydrogen) atoms. The van der Waals surface area contributed by atoms with Gasteiger partial charge >= 0.3 is 49.4 Å². The Morgan fingerprint density at radius 2 is 0.724 bits per heavy atom. The van der Waals surface area contributed by atoms with Gasteiger partial charge in [-0.2, -0.15) is 132 Å². The van der Waals surface area contributed by atoms with Crippen molar-refractivity contribution in [1.82, 2.24) is 4.98 Å². The lowest BCUT2D eigenvalue weighted by Crippen LogP contribution is -2.75. The van der Waals surface area contributed by atoms with E-state index in [9.17, 15) is 115 Å². The van der Waals surface area contributed by atoms with E-state index in [2.05, 4.69) is 4.98 Å². The maximum Gasteiger partial charge on any atom is 0.416 e. The third kappa shape index (κ3) is 14.3. The van der Waals surface area contributed by atoms with E-state index in [1.54, 1.807) is 18.5 Å². The Morgan fingerprint density at radius 1 is 0.447 bits per heavy atom. The zero-order valence-corrected chi connectivity index (χ0v) is 36.9. The molecule has 0 spiro atoms. The fourth-order valence-corrected chi connectivity index (χ4v) is 7.79. The maximum atomic E-state index is 14.2. The van der Waals surface area contributed by atoms with Crippen molar-refractivity contribution in [1.29, 1.82) is 0 Å². The summed E-state index contributed by atoms with van der Waals surface area (Å²) in [6.07, 6.45) is -46.3. The summed E-state index contributed by atoms with van der Waals surface area (Å²) < 4.78 is 343. The number of nitro groups is 1. The van der Waals surface area contributed by atoms with E-state index < -0.39 is 195 Å². The number of benzene rings is 5. The zero-order chi connectivity index (χ0) is 57.4. The third-order valence-electron chi connectivity index (χ3n) is 11.0. The Hall–Kier alpha value is -7.30. The Morgan fingerprint density at radius 3 is 0.974 bits per heavy atom. The van der Waals surface area contributed by atoms with E-state index in [4.69, 9.17) is 0 Å². The van der Waals surface area contributed by atoms with Crippen LogP contribution in [0, 0.1) is 10.1 Å². The van der Waals surface area contributed by atoms with Gasteiger partial charge in [-0.1, -0.05) is 78.9 Å². The molecule has 0 amide bonds. The van der Waals surface area contributed by atoms with E-state index in [-0.39, 0.29) is 11.5 Å². The van der Waals surface area contributed by atoms with Crippen LogP contribution in [0.2, 0.25) is 0 Å². The minimum Gasteiger partial charge on any atom is -0.264 e. The molecular weight excluding hydrogens is 1090 g/mol. The molecule has 0 aliphatic heterocycles. The lowest BCUT2D eigenvalue weighted by Gasteiger charge is -2.46. The summed E-state index contributed by atoms with van der Waals surface area (Å²) in [7, 11) is 0. The van der Waals surface area contributed by atoms with Gasteiger partial charge in [0, 0.05) is 16.6 Å². The normalized spacial score (nSPS) is 13.4. The van der Waals surface area contributed by atoms with E-state index >= 15 is 0 Å². The van der Waals surface area contributed by atoms with Crippen LogP contribution in [0.15, 0.2) is 128 Å². The number of rotatable bonds is 9. The Bertz CT molecular complexity index is 2640. The van der Waals surface area contributed by atoms with Crippen LogP contribution < -0.4 is 26.4 Å². The van der Waals surface area contributed by atoms with Crippen molar-refractivity contribution in [3.8, 4) is 0 Å². The van der Waals surface area contributed by atoms with Gasteiger partial charge in [-0.25, -0.2) is 0 Å². The van der Waals surface area contributed by atoms with Gasteiger partial charge in [0.15, 0.2) is 12.7 Å². The molecule has 0 unspecified atom stereocenters. The number of nitrogens with zero attached hydrogens (tertiary/aromatic N) is 3. The quantitative estimate of drug-likeness (QED) is 0.0477. The molecule has 5 aromatic carbocycles. The van der Waals surface area contributed by atoms with E-state index in [0.29, 0.717) is 6.54 Å². The van der Waals surface area contributed by atoms with Gasteiger partial charge in [-0.05, 0) is 30.3 Å². The zero-order valence-electron chi connectivity index (χ0n) is 36.9. The fourth-order valence-electron chi connectivity index (χ4n) is 7.79. The van der Waals surface area contributed by atoms with E-state index in [1.807, 2.05) is 41.1 Å². The molecule has 5 nitrogen and oxygen atoms in total. The molecule has 6 rings (SSSR count). The average molecular weight is 1120 g/mol. The van der Waals surface area contributed by atoms with Gasteiger partial charge in [-0.3, -0.25) is 15.1 Å². The highest BCUT2D eigenvalue weighted by molar-refractivity contribution is 7.20. The predicted octanol–water partition coefficient (Wildman–Crippen LogP) is 12.9. The van der Waals surface area contributed by atoms with Crippen LogP contribution in [0.5, 0.6) is 0 Å². The minimum atomic E-state index is -6.13. The van der Waals surface area contributed by atoms with Gasteiger partial charge < -0.3 is 0 Å². The molecule has 0 aliphatic rings. The second-order valence-corrected chi connectivity index (χ2v) is 16.3. The molecule has 0 aliphatic carbocycles. The summed E-state index contributed by atoms with van der Waals surface area (Å²) >= 11 is 0. The molecule has 0 bridgehead atoms. The first-order valence-electron chi connectivity index (χ1n) is 20.5. The molecule has 0 radical (unpaired) electrons. The third-order valence-corrected chi connectivity index (χ3v) is 11.0. The number of hydrogen-bond acceptors (Lipinski definition) is 3. The van der Waals surface area contributed by atoms with Crippen LogP contribution in [-0.2, 0) is 56.0 Å². The first kappa shape index (κ1) is 59.6. The van der Waals surface area contributed by atoms with E-state index in [1.165, 1.54) is 11.6 Å². The standard InChI is InChI=1S/C32H12BF24.C14H14N3O2/c34-25(35,36)13-1-14(26(37,38)39)6-21(5-13)33(22-7-15(27(40,41)42)2-16(8-22)28(43,44)45,23-9-17(29(46,47)48)3-18(10-23)30(49,50)51)24-11-19(31(52,53)54)4-20(12-24)32(55,56)57;18-17(19)9-4-7-14-11-15-8-10-16(14)12-13-5-2-1-3-6-13/h1-12H;1-8,10-11H,9,12H2/q-1;+1. The molecule has 1 heterocycles. The Kier molecular flexibility index (Phi) is 16.5. The summed E-state index contributed by atoms with van der Waals surface area (Å²) in [6.45, 7) is 0.529. The summed E-state index contributed by atoms with van der Waals surface area (Å²) in [5.41, 5.74) is -28.2. The second-order valence-electron chi connectivity index (χ2n) is 16.3. The van der Waals surface area contributed by atoms with Crippen LogP contribution >= 0.6 is 0 Å². The van der Waals surface area contributed by atoms with Crippen molar-refractivity contribution >= 4 is 34.1 Å². The van der Waals surface area contributed by atoms with Crippen molar-refractivity contribution in [3.05, 3.63) is 194 Å². The van der Waals surface area contributed by atoms with Gasteiger partial charge in [0.2, 0.25) is 12.2 Å². The molecule has 1 aromatic heterocycles. The number of aromatic nitrogens is 2. The van der Waals surface area contributed by atoms with E-state index in [0.717, 1.165) is 5.69 Å². The van der Waals surface area contributed by atoms with Gasteiger partial charge in [0.05, 0.1) is 56.9 Å². The Balaban J connectivity index is 0.000000468. The number of hydrogen-bond donors (Lipinski definition) is 0. The van der Waals surface area contributed by atoms with Crippen LogP contribution in [0.25, 0.3) is 6.08 Å². The van der Waals surface area contributed by atoms with Crippen LogP contribution in [-0.4, -0.2) is 22.6 Å². The van der Waals surface area contributed by atoms with Crippen LogP contribution in [0.4, 0.5) is 105 Å². The monoisotopic (exact) mass is 1120 g/mol. The van der Waals surface area contributed by atoms with Crippen molar-refractivity contribution in [2.75, 3.05) is 6.54 Å². The number of halogens is 24. The highest BCUT2D eigenvalue weighted by Gasteiger charge is 2.47. The molecule has 0 saturated heterocycles. The smallest absolute Gasteiger partial charge is 0.264 e. The molecule has 408 valence electrons. The van der Waals surface area contributed by atoms with Gasteiger partial charge in [0.1, 0.15) is 6.15 Å². The Labute approximate surface area is 409 Å². The van der Waals surface area contributed by atoms with Crippen molar-refractivity contribution in [2.24, 2.45) is 0 Å². The first-order chi connectivity index (χ1) is 34.5. The topological polar surface area (TPSA) is 59.9 Å². The van der Waals surface area contributed by atoms with Crippen molar-refractivity contribution < 1.29 is 115 Å². The molecule has 0 saturated carbocycles. The minimum absolute atomic E-state index is 0.180. The highest BCUT2D eigenvalue weighted by Crippen LogP contribution is 2.41. The van der Waals surface area contributed by atoms with Crippen molar-refractivity contribution in [2.45, 2.75) is 56.0 Å². The number of alkyl halides is 24. The molecule has 0 N–H and O–H groups in total. The lowest BCUT2D eigenvalue weighted by molar-refractivity contribution is -0.690. The molecule has 0 fully saturated rings. The SMILES string of the molecule is FC(F)(F)c1cc([B-](c2cc(C(F)(F)F)cc(C(F)(F)F)c2)(c2cc(C(F)(F)F)cc(C(F)(F)F)c2)c2cc(C(F)(F)F)cc(C(F)(F)F)c2)cc(C(F)(F)F)c1.O=[N+]([O-])CC=Cc1cncc[n+]1Cc1ccccc1. The van der Waals surface area contributed by atoms with Crippen molar-refractivity contribution in [3.63, 3.8) is 0 Å².